The number of amides is 1. The van der Waals surface area contributed by atoms with Crippen LogP contribution in [0.4, 0.5) is 5.82 Å². The molecule has 2 aromatic heterocycles. The summed E-state index contributed by atoms with van der Waals surface area (Å²) in [5.41, 5.74) is 9.59. The first-order valence-electron chi connectivity index (χ1n) is 13.0. The lowest BCUT2D eigenvalue weighted by Crippen LogP contribution is -2.40. The Morgan fingerprint density at radius 3 is 2.41 bits per heavy atom. The largest absolute Gasteiger partial charge is 0.457 e. The van der Waals surface area contributed by atoms with Crippen molar-refractivity contribution in [1.82, 2.24) is 24.6 Å². The monoisotopic (exact) mass is 516 g/mol. The maximum absolute atomic E-state index is 13.0. The number of carbonyl (C=O) groups is 1. The summed E-state index contributed by atoms with van der Waals surface area (Å²) >= 11 is 0. The van der Waals surface area contributed by atoms with E-state index in [4.69, 9.17) is 15.6 Å². The van der Waals surface area contributed by atoms with Gasteiger partial charge in [0.1, 0.15) is 29.3 Å². The summed E-state index contributed by atoms with van der Waals surface area (Å²) in [7, 11) is 0. The molecule has 1 aliphatic rings. The Morgan fingerprint density at radius 1 is 0.923 bits per heavy atom. The first kappa shape index (κ1) is 24.4. The normalized spacial score (nSPS) is 15.6. The zero-order valence-electron chi connectivity index (χ0n) is 21.4. The van der Waals surface area contributed by atoms with Crippen molar-refractivity contribution in [3.05, 3.63) is 103 Å². The molecule has 1 saturated heterocycles. The van der Waals surface area contributed by atoms with E-state index >= 15 is 0 Å². The van der Waals surface area contributed by atoms with Crippen molar-refractivity contribution >= 4 is 28.8 Å². The first-order valence-corrected chi connectivity index (χ1v) is 13.0. The predicted molar refractivity (Wildman–Crippen MR) is 152 cm³/mol. The van der Waals surface area contributed by atoms with E-state index in [9.17, 15) is 4.79 Å². The van der Waals surface area contributed by atoms with Gasteiger partial charge in [0, 0.05) is 24.7 Å². The molecule has 3 heterocycles. The molecule has 1 amide bonds. The van der Waals surface area contributed by atoms with Gasteiger partial charge in [-0.15, -0.1) is 0 Å². The zero-order chi connectivity index (χ0) is 26.6. The lowest BCUT2D eigenvalue weighted by Gasteiger charge is -2.32. The minimum absolute atomic E-state index is 0.0108. The quantitative estimate of drug-likeness (QED) is 0.289. The summed E-state index contributed by atoms with van der Waals surface area (Å²) in [6.45, 7) is 1.25. The van der Waals surface area contributed by atoms with Crippen LogP contribution in [0.5, 0.6) is 11.5 Å². The molecule has 0 bridgehead atoms. The SMILES string of the molecule is Nc1ncnc2c1c(-c1ccc(Oc3ccccc3)cc1)nn2C1CCCN(C(=O)C=Cc2ccccc2)C1. The summed E-state index contributed by atoms with van der Waals surface area (Å²) in [4.78, 5) is 23.7. The molecular formula is C31H28N6O2. The number of fused-ring (bicyclic) bond motifs is 1. The summed E-state index contributed by atoms with van der Waals surface area (Å²) in [6.07, 6.45) is 6.72. The third kappa shape index (κ3) is 5.22. The Kier molecular flexibility index (Phi) is 6.74. The number of benzene rings is 3. The van der Waals surface area contributed by atoms with Gasteiger partial charge in [0.15, 0.2) is 5.65 Å². The second kappa shape index (κ2) is 10.8. The third-order valence-corrected chi connectivity index (χ3v) is 6.90. The van der Waals surface area contributed by atoms with Crippen molar-refractivity contribution in [2.24, 2.45) is 0 Å². The molecule has 5 aromatic rings. The van der Waals surface area contributed by atoms with E-state index in [1.807, 2.05) is 101 Å². The van der Waals surface area contributed by atoms with Gasteiger partial charge < -0.3 is 15.4 Å². The van der Waals surface area contributed by atoms with E-state index in [0.717, 1.165) is 35.5 Å². The van der Waals surface area contributed by atoms with Gasteiger partial charge in [-0.3, -0.25) is 4.79 Å². The standard InChI is InChI=1S/C31H28N6O2/c32-30-28-29(23-14-16-26(17-15-23)39-25-11-5-2-6-12-25)35-37(31(28)34-21-33-30)24-10-7-19-36(20-24)27(38)18-13-22-8-3-1-4-9-22/h1-6,8-9,11-18,21,24H,7,10,19-20H2,(H2,32,33,34). The second-order valence-corrected chi connectivity index (χ2v) is 9.51. The van der Waals surface area contributed by atoms with Gasteiger partial charge in [-0.1, -0.05) is 48.5 Å². The lowest BCUT2D eigenvalue weighted by molar-refractivity contribution is -0.127. The van der Waals surface area contributed by atoms with Crippen LogP contribution in [0.2, 0.25) is 0 Å². The molecule has 1 unspecified atom stereocenters. The van der Waals surface area contributed by atoms with Gasteiger partial charge in [-0.2, -0.15) is 5.10 Å². The number of nitrogen functional groups attached to an aromatic ring is 1. The Morgan fingerprint density at radius 2 is 1.64 bits per heavy atom. The fraction of sp³-hybridized carbons (Fsp3) is 0.161. The van der Waals surface area contributed by atoms with Crippen LogP contribution in [0.15, 0.2) is 97.3 Å². The lowest BCUT2D eigenvalue weighted by atomic mass is 10.1. The number of anilines is 1. The molecule has 2 N–H and O–H groups in total. The van der Waals surface area contributed by atoms with Crippen molar-refractivity contribution in [3.8, 4) is 22.8 Å². The van der Waals surface area contributed by atoms with Crippen molar-refractivity contribution in [2.45, 2.75) is 18.9 Å². The van der Waals surface area contributed by atoms with Crippen LogP contribution >= 0.6 is 0 Å². The summed E-state index contributed by atoms with van der Waals surface area (Å²) < 4.78 is 7.86. The molecule has 0 saturated carbocycles. The van der Waals surface area contributed by atoms with Gasteiger partial charge in [0.25, 0.3) is 0 Å². The molecule has 8 heteroatoms. The first-order chi connectivity index (χ1) is 19.2. The number of carbonyl (C=O) groups excluding carboxylic acids is 1. The number of nitrogens with two attached hydrogens (primary N) is 1. The van der Waals surface area contributed by atoms with E-state index in [1.165, 1.54) is 6.33 Å². The number of para-hydroxylation sites is 1. The Labute approximate surface area is 226 Å². The van der Waals surface area contributed by atoms with Crippen molar-refractivity contribution in [1.29, 1.82) is 0 Å². The molecule has 1 fully saturated rings. The smallest absolute Gasteiger partial charge is 0.246 e. The molecule has 6 rings (SSSR count). The van der Waals surface area contributed by atoms with E-state index in [-0.39, 0.29) is 11.9 Å². The molecule has 194 valence electrons. The highest BCUT2D eigenvalue weighted by molar-refractivity contribution is 5.98. The number of hydrogen-bond acceptors (Lipinski definition) is 6. The third-order valence-electron chi connectivity index (χ3n) is 6.90. The van der Waals surface area contributed by atoms with Crippen LogP contribution in [0.1, 0.15) is 24.4 Å². The summed E-state index contributed by atoms with van der Waals surface area (Å²) in [6, 6.07) is 27.2. The number of nitrogens with zero attached hydrogens (tertiary/aromatic N) is 5. The van der Waals surface area contributed by atoms with Crippen LogP contribution in [0, 0.1) is 0 Å². The van der Waals surface area contributed by atoms with Gasteiger partial charge in [-0.25, -0.2) is 14.6 Å². The highest BCUT2D eigenvalue weighted by Gasteiger charge is 2.28. The molecule has 0 radical (unpaired) electrons. The maximum Gasteiger partial charge on any atom is 0.246 e. The topological polar surface area (TPSA) is 99.2 Å². The molecule has 0 spiro atoms. The average molecular weight is 517 g/mol. The number of rotatable bonds is 6. The minimum atomic E-state index is -0.0286. The van der Waals surface area contributed by atoms with Gasteiger partial charge >= 0.3 is 0 Å². The van der Waals surface area contributed by atoms with Crippen LogP contribution in [0.3, 0.4) is 0 Å². The molecule has 39 heavy (non-hydrogen) atoms. The van der Waals surface area contributed by atoms with Crippen molar-refractivity contribution < 1.29 is 9.53 Å². The Balaban J connectivity index is 1.27. The van der Waals surface area contributed by atoms with E-state index < -0.39 is 0 Å². The molecule has 1 atom stereocenters. The van der Waals surface area contributed by atoms with E-state index in [0.29, 0.717) is 35.6 Å². The van der Waals surface area contributed by atoms with Crippen LogP contribution in [-0.2, 0) is 4.79 Å². The summed E-state index contributed by atoms with van der Waals surface area (Å²) in [5.74, 6) is 1.86. The Bertz CT molecular complexity index is 1610. The van der Waals surface area contributed by atoms with Crippen LogP contribution < -0.4 is 10.5 Å². The number of hydrogen-bond donors (Lipinski definition) is 1. The van der Waals surface area contributed by atoms with Gasteiger partial charge in [0.2, 0.25) is 5.91 Å². The van der Waals surface area contributed by atoms with Gasteiger partial charge in [0.05, 0.1) is 11.4 Å². The van der Waals surface area contributed by atoms with Crippen molar-refractivity contribution in [2.75, 3.05) is 18.8 Å². The van der Waals surface area contributed by atoms with Crippen LogP contribution in [0.25, 0.3) is 28.4 Å². The number of piperidine rings is 1. The highest BCUT2D eigenvalue weighted by Crippen LogP contribution is 2.35. The fourth-order valence-corrected chi connectivity index (χ4v) is 4.95. The molecule has 8 nitrogen and oxygen atoms in total. The predicted octanol–water partition coefficient (Wildman–Crippen LogP) is 5.74. The highest BCUT2D eigenvalue weighted by atomic mass is 16.5. The van der Waals surface area contributed by atoms with Crippen LogP contribution in [-0.4, -0.2) is 43.6 Å². The minimum Gasteiger partial charge on any atom is -0.457 e. The zero-order valence-corrected chi connectivity index (χ0v) is 21.4. The fourth-order valence-electron chi connectivity index (χ4n) is 4.95. The average Bonchev–Trinajstić information content (AvgIpc) is 3.38. The number of aromatic nitrogens is 4. The summed E-state index contributed by atoms with van der Waals surface area (Å²) in [5, 5.41) is 5.69. The van der Waals surface area contributed by atoms with Crippen molar-refractivity contribution in [3.63, 3.8) is 0 Å². The maximum atomic E-state index is 13.0. The molecule has 1 aliphatic heterocycles. The van der Waals surface area contributed by atoms with E-state index in [1.54, 1.807) is 6.08 Å². The number of likely N-dealkylation sites (tertiary alicyclic amines) is 1. The molecule has 3 aromatic carbocycles. The molecule has 0 aliphatic carbocycles. The second-order valence-electron chi connectivity index (χ2n) is 9.51. The van der Waals surface area contributed by atoms with Gasteiger partial charge in [-0.05, 0) is 60.9 Å². The van der Waals surface area contributed by atoms with E-state index in [2.05, 4.69) is 9.97 Å². The Hall–Kier alpha value is -4.98. The molecular weight excluding hydrogens is 488 g/mol. The number of ether oxygens (including phenoxy) is 1.